The Kier molecular flexibility index (Phi) is 5.92. The van der Waals surface area contributed by atoms with Crippen LogP contribution in [0.2, 0.25) is 0 Å². The molecule has 8 heteroatoms. The summed E-state index contributed by atoms with van der Waals surface area (Å²) in [5.74, 6) is -1.08. The molecule has 2 amide bonds. The summed E-state index contributed by atoms with van der Waals surface area (Å²) in [5.41, 5.74) is 3.04. The number of carbonyl (C=O) groups excluding carboxylic acids is 2. The SMILES string of the molecule is O=C(NCC1CCCO1)c1ccccc1NC(=O)c1nn(-c2ccccc2F)c2c1CCC2. The molecular weight excluding hydrogens is 423 g/mol. The zero-order chi connectivity index (χ0) is 22.8. The first-order valence-corrected chi connectivity index (χ1v) is 11.3. The van der Waals surface area contributed by atoms with E-state index in [1.807, 2.05) is 0 Å². The average Bonchev–Trinajstić information content (AvgIpc) is 3.57. The van der Waals surface area contributed by atoms with E-state index in [-0.39, 0.29) is 17.7 Å². The highest BCUT2D eigenvalue weighted by atomic mass is 19.1. The topological polar surface area (TPSA) is 85.2 Å². The van der Waals surface area contributed by atoms with E-state index in [0.717, 1.165) is 43.5 Å². The number of hydrogen-bond donors (Lipinski definition) is 2. The molecule has 1 saturated heterocycles. The first-order valence-electron chi connectivity index (χ1n) is 11.3. The van der Waals surface area contributed by atoms with Crippen molar-refractivity contribution in [1.82, 2.24) is 15.1 Å². The number of halogens is 1. The number of amides is 2. The lowest BCUT2D eigenvalue weighted by atomic mass is 10.1. The summed E-state index contributed by atoms with van der Waals surface area (Å²) >= 11 is 0. The smallest absolute Gasteiger partial charge is 0.276 e. The Hall–Kier alpha value is -3.52. The zero-order valence-electron chi connectivity index (χ0n) is 18.1. The third kappa shape index (κ3) is 4.26. The standard InChI is InChI=1S/C25H25FN4O3/c26-19-10-2-4-12-22(19)30-21-13-5-9-18(21)23(29-30)25(32)28-20-11-3-1-8-17(20)24(31)27-15-16-7-6-14-33-16/h1-4,8,10-12,16H,5-7,9,13-15H2,(H,27,31)(H,28,32). The van der Waals surface area contributed by atoms with Crippen molar-refractivity contribution >= 4 is 17.5 Å². The van der Waals surface area contributed by atoms with Crippen molar-refractivity contribution in [2.45, 2.75) is 38.2 Å². The van der Waals surface area contributed by atoms with E-state index >= 15 is 0 Å². The second kappa shape index (κ2) is 9.15. The van der Waals surface area contributed by atoms with Crippen molar-refractivity contribution in [3.05, 3.63) is 76.9 Å². The molecule has 1 aromatic heterocycles. The molecule has 1 unspecified atom stereocenters. The van der Waals surface area contributed by atoms with Crippen molar-refractivity contribution in [2.24, 2.45) is 0 Å². The summed E-state index contributed by atoms with van der Waals surface area (Å²) in [7, 11) is 0. The molecule has 5 rings (SSSR count). The molecule has 170 valence electrons. The number of nitrogens with one attached hydrogen (secondary N) is 2. The van der Waals surface area contributed by atoms with Gasteiger partial charge >= 0.3 is 0 Å². The fourth-order valence-electron chi connectivity index (χ4n) is 4.52. The molecule has 33 heavy (non-hydrogen) atoms. The minimum atomic E-state index is -0.414. The van der Waals surface area contributed by atoms with Gasteiger partial charge in [0.25, 0.3) is 11.8 Å². The van der Waals surface area contributed by atoms with Crippen molar-refractivity contribution in [3.63, 3.8) is 0 Å². The molecule has 7 nitrogen and oxygen atoms in total. The minimum absolute atomic E-state index is 0.0284. The van der Waals surface area contributed by atoms with E-state index in [9.17, 15) is 14.0 Å². The van der Waals surface area contributed by atoms with E-state index in [0.29, 0.717) is 29.9 Å². The number of fused-ring (bicyclic) bond motifs is 1. The van der Waals surface area contributed by atoms with E-state index in [1.165, 1.54) is 10.7 Å². The highest BCUT2D eigenvalue weighted by molar-refractivity contribution is 6.09. The number of hydrogen-bond acceptors (Lipinski definition) is 4. The Morgan fingerprint density at radius 1 is 1.06 bits per heavy atom. The number of carbonyl (C=O) groups is 2. The molecule has 0 spiro atoms. The van der Waals surface area contributed by atoms with E-state index in [2.05, 4.69) is 15.7 Å². The second-order valence-electron chi connectivity index (χ2n) is 8.34. The molecule has 1 fully saturated rings. The second-order valence-corrected chi connectivity index (χ2v) is 8.34. The van der Waals surface area contributed by atoms with Crippen molar-refractivity contribution in [1.29, 1.82) is 0 Å². The summed E-state index contributed by atoms with van der Waals surface area (Å²) in [6.45, 7) is 1.15. The van der Waals surface area contributed by atoms with Gasteiger partial charge in [-0.2, -0.15) is 5.10 Å². The van der Waals surface area contributed by atoms with Gasteiger partial charge in [0.2, 0.25) is 0 Å². The van der Waals surface area contributed by atoms with Crippen LogP contribution in [0.25, 0.3) is 5.69 Å². The molecule has 2 heterocycles. The molecule has 1 aliphatic carbocycles. The van der Waals surface area contributed by atoms with Gasteiger partial charge in [0.1, 0.15) is 11.5 Å². The highest BCUT2D eigenvalue weighted by Crippen LogP contribution is 2.29. The maximum absolute atomic E-state index is 14.4. The molecular formula is C25H25FN4O3. The Morgan fingerprint density at radius 2 is 1.88 bits per heavy atom. The summed E-state index contributed by atoms with van der Waals surface area (Å²) in [6, 6.07) is 13.3. The van der Waals surface area contributed by atoms with E-state index in [4.69, 9.17) is 4.74 Å². The molecule has 3 aromatic rings. The maximum Gasteiger partial charge on any atom is 0.276 e. The first-order chi connectivity index (χ1) is 16.1. The number of benzene rings is 2. The van der Waals surface area contributed by atoms with Crippen LogP contribution in [-0.4, -0.2) is 40.9 Å². The molecule has 0 saturated carbocycles. The Balaban J connectivity index is 1.38. The molecule has 1 atom stereocenters. The third-order valence-electron chi connectivity index (χ3n) is 6.16. The summed E-state index contributed by atoms with van der Waals surface area (Å²) in [6.07, 6.45) is 4.26. The lowest BCUT2D eigenvalue weighted by Crippen LogP contribution is -2.32. The van der Waals surface area contributed by atoms with Crippen molar-refractivity contribution in [3.8, 4) is 5.69 Å². The van der Waals surface area contributed by atoms with Gasteiger partial charge < -0.3 is 15.4 Å². The molecule has 1 aliphatic heterocycles. The molecule has 2 aliphatic rings. The molecule has 2 aromatic carbocycles. The fraction of sp³-hybridized carbons (Fsp3) is 0.320. The predicted octanol–water partition coefficient (Wildman–Crippen LogP) is 3.66. The van der Waals surface area contributed by atoms with Crippen LogP contribution >= 0.6 is 0 Å². The van der Waals surface area contributed by atoms with Gasteiger partial charge in [-0.1, -0.05) is 24.3 Å². The number of nitrogens with zero attached hydrogens (tertiary/aromatic N) is 2. The monoisotopic (exact) mass is 448 g/mol. The number of anilines is 1. The number of para-hydroxylation sites is 2. The number of aromatic nitrogens is 2. The summed E-state index contributed by atoms with van der Waals surface area (Å²) in [5, 5.41) is 10.2. The van der Waals surface area contributed by atoms with Crippen LogP contribution in [-0.2, 0) is 17.6 Å². The molecule has 0 bridgehead atoms. The molecule has 0 radical (unpaired) electrons. The van der Waals surface area contributed by atoms with E-state index < -0.39 is 11.7 Å². The van der Waals surface area contributed by atoms with E-state index in [1.54, 1.807) is 42.5 Å². The lowest BCUT2D eigenvalue weighted by molar-refractivity contribution is 0.0858. The maximum atomic E-state index is 14.4. The minimum Gasteiger partial charge on any atom is -0.376 e. The van der Waals surface area contributed by atoms with Crippen LogP contribution in [0, 0.1) is 5.82 Å². The predicted molar refractivity (Wildman–Crippen MR) is 121 cm³/mol. The van der Waals surface area contributed by atoms with Crippen LogP contribution in [0.4, 0.5) is 10.1 Å². The van der Waals surface area contributed by atoms with Gasteiger partial charge in [0, 0.05) is 24.4 Å². The van der Waals surface area contributed by atoms with Crippen molar-refractivity contribution < 1.29 is 18.7 Å². The quantitative estimate of drug-likeness (QED) is 0.603. The lowest BCUT2D eigenvalue weighted by Gasteiger charge is -2.13. The largest absolute Gasteiger partial charge is 0.376 e. The van der Waals surface area contributed by atoms with Crippen LogP contribution in [0.15, 0.2) is 48.5 Å². The normalized spacial score (nSPS) is 17.1. The van der Waals surface area contributed by atoms with Gasteiger partial charge in [-0.05, 0) is 56.4 Å². The first kappa shape index (κ1) is 21.3. The van der Waals surface area contributed by atoms with Gasteiger partial charge in [-0.25, -0.2) is 9.07 Å². The number of rotatable bonds is 6. The molecule has 2 N–H and O–H groups in total. The van der Waals surface area contributed by atoms with Crippen LogP contribution in [0.1, 0.15) is 51.4 Å². The van der Waals surface area contributed by atoms with Gasteiger partial charge in [-0.15, -0.1) is 0 Å². The van der Waals surface area contributed by atoms with Gasteiger partial charge in [-0.3, -0.25) is 9.59 Å². The summed E-state index contributed by atoms with van der Waals surface area (Å²) < 4.78 is 21.5. The van der Waals surface area contributed by atoms with Gasteiger partial charge in [0.05, 0.1) is 17.4 Å². The van der Waals surface area contributed by atoms with Crippen LogP contribution < -0.4 is 10.6 Å². The van der Waals surface area contributed by atoms with Crippen LogP contribution in [0.5, 0.6) is 0 Å². The Labute approximate surface area is 190 Å². The Bertz CT molecular complexity index is 1200. The fourth-order valence-corrected chi connectivity index (χ4v) is 4.52. The highest BCUT2D eigenvalue weighted by Gasteiger charge is 2.28. The van der Waals surface area contributed by atoms with Crippen LogP contribution in [0.3, 0.4) is 0 Å². The van der Waals surface area contributed by atoms with Crippen molar-refractivity contribution in [2.75, 3.05) is 18.5 Å². The third-order valence-corrected chi connectivity index (χ3v) is 6.16. The Morgan fingerprint density at radius 3 is 2.70 bits per heavy atom. The summed E-state index contributed by atoms with van der Waals surface area (Å²) in [4.78, 5) is 26.0. The number of ether oxygens (including phenoxy) is 1. The zero-order valence-corrected chi connectivity index (χ0v) is 18.1. The van der Waals surface area contributed by atoms with Gasteiger partial charge in [0.15, 0.2) is 5.69 Å². The average molecular weight is 448 g/mol.